The van der Waals surface area contributed by atoms with Gasteiger partial charge in [-0.05, 0) is 121 Å². The number of nitrogens with zero attached hydrogens (tertiary/aromatic N) is 7. The van der Waals surface area contributed by atoms with Gasteiger partial charge in [0, 0.05) is 77.0 Å². The maximum atomic E-state index is 5.31. The largest absolute Gasteiger partial charge is 0.309 e. The lowest BCUT2D eigenvalue weighted by molar-refractivity contribution is 1.17. The van der Waals surface area contributed by atoms with Crippen molar-refractivity contribution in [3.8, 4) is 68.0 Å². The predicted octanol–water partition coefficient (Wildman–Crippen LogP) is 18.9. The molecule has 0 aliphatic heterocycles. The van der Waals surface area contributed by atoms with Gasteiger partial charge >= 0.3 is 0 Å². The lowest BCUT2D eigenvalue weighted by Crippen LogP contribution is -1.97. The molecule has 0 atom stereocenters. The van der Waals surface area contributed by atoms with Crippen LogP contribution in [0.15, 0.2) is 285 Å². The first-order chi connectivity index (χ1) is 40.7. The highest BCUT2D eigenvalue weighted by Gasteiger charge is 2.23. The third-order valence-electron chi connectivity index (χ3n) is 16.5. The SMILES string of the molecule is c1ccc(-n2c3ccccc3c3c2ccc2c4ccccc4n(-c4cccc(-c5cccc(-c6cccc(-c7cccc(-c8cccc(-n9c%10ccccc%10c%10c9ccc9c%11ccccc%11n(-c%11ccccc%11)c9%10)c8)n7)n6)n5)c4)c23)cc1. The van der Waals surface area contributed by atoms with Crippen molar-refractivity contribution in [1.29, 1.82) is 0 Å². The molecule has 0 saturated carbocycles. The Hall–Kier alpha value is -11.2. The summed E-state index contributed by atoms with van der Waals surface area (Å²) in [6.07, 6.45) is 0. The second-order valence-electron chi connectivity index (χ2n) is 21.1. The Morgan fingerprint density at radius 1 is 0.195 bits per heavy atom. The first-order valence-electron chi connectivity index (χ1n) is 27.9. The summed E-state index contributed by atoms with van der Waals surface area (Å²) in [5.74, 6) is 0. The molecule has 0 bridgehead atoms. The van der Waals surface area contributed by atoms with Crippen molar-refractivity contribution in [2.75, 3.05) is 0 Å². The maximum Gasteiger partial charge on any atom is 0.0894 e. The number of pyridine rings is 3. The normalized spacial score (nSPS) is 11.9. The van der Waals surface area contributed by atoms with Gasteiger partial charge in [0.25, 0.3) is 0 Å². The lowest BCUT2D eigenvalue weighted by atomic mass is 10.1. The molecular weight excluding hydrogens is 999 g/mol. The zero-order valence-corrected chi connectivity index (χ0v) is 44.3. The minimum Gasteiger partial charge on any atom is -0.309 e. The predicted molar refractivity (Wildman–Crippen MR) is 339 cm³/mol. The summed E-state index contributed by atoms with van der Waals surface area (Å²) in [6.45, 7) is 0. The van der Waals surface area contributed by atoms with E-state index in [1.807, 2.05) is 24.3 Å². The van der Waals surface area contributed by atoms with E-state index in [4.69, 9.17) is 15.0 Å². The van der Waals surface area contributed by atoms with E-state index < -0.39 is 0 Å². The van der Waals surface area contributed by atoms with E-state index in [2.05, 4.69) is 279 Å². The minimum atomic E-state index is 0.774. The van der Waals surface area contributed by atoms with Gasteiger partial charge in [-0.2, -0.15) is 0 Å². The van der Waals surface area contributed by atoms with Crippen LogP contribution in [0.4, 0.5) is 0 Å². The van der Waals surface area contributed by atoms with Crippen molar-refractivity contribution in [3.63, 3.8) is 0 Å². The molecule has 0 spiro atoms. The van der Waals surface area contributed by atoms with Crippen LogP contribution in [-0.2, 0) is 0 Å². The molecule has 0 radical (unpaired) electrons. The highest BCUT2D eigenvalue weighted by atomic mass is 15.0. The Kier molecular flexibility index (Phi) is 10.2. The van der Waals surface area contributed by atoms with Crippen LogP contribution in [0.25, 0.3) is 155 Å². The Morgan fingerprint density at radius 3 is 0.976 bits per heavy atom. The van der Waals surface area contributed by atoms with Crippen LogP contribution in [0.5, 0.6) is 0 Å². The molecular formula is C75H47N7. The fourth-order valence-corrected chi connectivity index (χ4v) is 13.1. The van der Waals surface area contributed by atoms with Gasteiger partial charge < -0.3 is 18.3 Å². The number of hydrogen-bond donors (Lipinski definition) is 0. The molecule has 0 unspecified atom stereocenters. The zero-order valence-electron chi connectivity index (χ0n) is 44.3. The highest BCUT2D eigenvalue weighted by Crippen LogP contribution is 2.45. The van der Waals surface area contributed by atoms with Gasteiger partial charge in [-0.25, -0.2) is 15.0 Å². The molecule has 7 heterocycles. The van der Waals surface area contributed by atoms with Gasteiger partial charge in [-0.15, -0.1) is 0 Å². The summed E-state index contributed by atoms with van der Waals surface area (Å²) in [6, 6.07) is 102. The van der Waals surface area contributed by atoms with Crippen LogP contribution in [0.2, 0.25) is 0 Å². The fraction of sp³-hybridized carbons (Fsp3) is 0. The van der Waals surface area contributed by atoms with E-state index >= 15 is 0 Å². The summed E-state index contributed by atoms with van der Waals surface area (Å²) in [7, 11) is 0. The molecule has 0 fully saturated rings. The summed E-state index contributed by atoms with van der Waals surface area (Å²) in [5.41, 5.74) is 20.7. The van der Waals surface area contributed by atoms with E-state index in [1.54, 1.807) is 0 Å². The van der Waals surface area contributed by atoms with Gasteiger partial charge in [-0.3, -0.25) is 0 Å². The Morgan fingerprint density at radius 2 is 0.512 bits per heavy atom. The first kappa shape index (κ1) is 45.8. The Balaban J connectivity index is 0.731. The summed E-state index contributed by atoms with van der Waals surface area (Å²) in [4.78, 5) is 15.9. The monoisotopic (exact) mass is 1050 g/mol. The molecule has 17 aromatic rings. The molecule has 382 valence electrons. The number of aromatic nitrogens is 7. The molecule has 7 aromatic heterocycles. The van der Waals surface area contributed by atoms with Crippen LogP contribution in [0.3, 0.4) is 0 Å². The van der Waals surface area contributed by atoms with Crippen LogP contribution in [-0.4, -0.2) is 33.2 Å². The first-order valence-corrected chi connectivity index (χ1v) is 27.9. The Bertz CT molecular complexity index is 5410. The molecule has 7 heteroatoms. The summed E-state index contributed by atoms with van der Waals surface area (Å²) >= 11 is 0. The molecule has 0 aliphatic carbocycles. The van der Waals surface area contributed by atoms with Crippen molar-refractivity contribution < 1.29 is 0 Å². The van der Waals surface area contributed by atoms with E-state index in [0.29, 0.717) is 0 Å². The summed E-state index contributed by atoms with van der Waals surface area (Å²) in [5, 5.41) is 9.78. The zero-order chi connectivity index (χ0) is 53.8. The molecule has 7 nitrogen and oxygen atoms in total. The van der Waals surface area contributed by atoms with Gasteiger partial charge in [0.2, 0.25) is 0 Å². The number of fused-ring (bicyclic) bond motifs is 14. The smallest absolute Gasteiger partial charge is 0.0894 e. The van der Waals surface area contributed by atoms with Crippen LogP contribution < -0.4 is 0 Å². The number of para-hydroxylation sites is 6. The second kappa shape index (κ2) is 18.2. The average Bonchev–Trinajstić information content (AvgIpc) is 2.76. The van der Waals surface area contributed by atoms with Crippen LogP contribution >= 0.6 is 0 Å². The van der Waals surface area contributed by atoms with Gasteiger partial charge in [-0.1, -0.05) is 164 Å². The van der Waals surface area contributed by atoms with Crippen LogP contribution in [0.1, 0.15) is 0 Å². The van der Waals surface area contributed by atoms with E-state index in [9.17, 15) is 0 Å². The minimum absolute atomic E-state index is 0.774. The molecule has 0 N–H and O–H groups in total. The topological polar surface area (TPSA) is 58.4 Å². The molecule has 0 aliphatic rings. The van der Waals surface area contributed by atoms with Crippen molar-refractivity contribution in [2.24, 2.45) is 0 Å². The molecule has 10 aromatic carbocycles. The molecule has 0 saturated heterocycles. The number of benzene rings is 10. The highest BCUT2D eigenvalue weighted by molar-refractivity contribution is 6.27. The number of rotatable bonds is 8. The van der Waals surface area contributed by atoms with Crippen molar-refractivity contribution >= 4 is 87.2 Å². The maximum absolute atomic E-state index is 5.31. The van der Waals surface area contributed by atoms with Crippen molar-refractivity contribution in [3.05, 3.63) is 285 Å². The third-order valence-corrected chi connectivity index (χ3v) is 16.5. The van der Waals surface area contributed by atoms with Gasteiger partial charge in [0.1, 0.15) is 0 Å². The lowest BCUT2D eigenvalue weighted by Gasteiger charge is -2.12. The van der Waals surface area contributed by atoms with E-state index in [1.165, 1.54) is 70.7 Å². The second-order valence-corrected chi connectivity index (χ2v) is 21.1. The van der Waals surface area contributed by atoms with Gasteiger partial charge in [0.05, 0.1) is 78.3 Å². The van der Waals surface area contributed by atoms with E-state index in [-0.39, 0.29) is 0 Å². The summed E-state index contributed by atoms with van der Waals surface area (Å²) < 4.78 is 9.67. The van der Waals surface area contributed by atoms with Crippen LogP contribution in [0, 0.1) is 0 Å². The quantitative estimate of drug-likeness (QED) is 0.152. The Labute approximate surface area is 471 Å². The van der Waals surface area contributed by atoms with Gasteiger partial charge in [0.15, 0.2) is 0 Å². The standard InChI is InChI=1S/C75H47N7/c1-3-22-50(23-4-1)79-68-40-13-9-30-58(68)72-70(79)44-42-57-55-29-8-12-39-67(55)82(75(57)72)53-27-16-21-49(47-53)61-33-18-35-63(77-61)65-37-19-36-64(78-65)62-34-17-32-60(76-62)48-20-15-26-52(46-48)80-69-41-14-10-31-59(69)73-71(80)45-43-56-54-28-7-11-38-66(54)81(74(56)73)51-24-5-2-6-25-51/h1-47H. The van der Waals surface area contributed by atoms with Crippen molar-refractivity contribution in [1.82, 2.24) is 33.2 Å². The third kappa shape index (κ3) is 7.00. The fourth-order valence-electron chi connectivity index (χ4n) is 13.1. The van der Waals surface area contributed by atoms with E-state index in [0.717, 1.165) is 84.6 Å². The molecule has 82 heavy (non-hydrogen) atoms. The molecule has 0 amide bonds. The average molecular weight is 1050 g/mol. The van der Waals surface area contributed by atoms with Crippen molar-refractivity contribution in [2.45, 2.75) is 0 Å². The number of hydrogen-bond acceptors (Lipinski definition) is 3. The molecule has 17 rings (SSSR count).